The highest BCUT2D eigenvalue weighted by atomic mass is 19.1. The smallest absolute Gasteiger partial charge is 0.126 e. The molecular formula is C13H20F2N2. The molecule has 0 aliphatic carbocycles. The molecule has 0 fully saturated rings. The maximum absolute atomic E-state index is 13.0. The molecule has 0 saturated carbocycles. The molecule has 1 aromatic rings. The van der Waals surface area contributed by atoms with E-state index in [-0.39, 0.29) is 6.04 Å². The van der Waals surface area contributed by atoms with E-state index in [0.717, 1.165) is 18.9 Å². The van der Waals surface area contributed by atoms with Gasteiger partial charge in [0, 0.05) is 12.1 Å². The maximum atomic E-state index is 13.0. The van der Waals surface area contributed by atoms with Crippen LogP contribution in [0.1, 0.15) is 32.3 Å². The Bertz CT molecular complexity index is 335. The van der Waals surface area contributed by atoms with Crippen LogP contribution in [0.2, 0.25) is 0 Å². The minimum absolute atomic E-state index is 0.0381. The van der Waals surface area contributed by atoms with Gasteiger partial charge in [-0.1, -0.05) is 20.3 Å². The second-order valence-electron chi connectivity index (χ2n) is 4.52. The van der Waals surface area contributed by atoms with Gasteiger partial charge in [-0.15, -0.1) is 0 Å². The molecule has 4 heteroatoms. The van der Waals surface area contributed by atoms with Gasteiger partial charge in [-0.2, -0.15) is 0 Å². The van der Waals surface area contributed by atoms with E-state index in [1.807, 2.05) is 0 Å². The summed E-state index contributed by atoms with van der Waals surface area (Å²) in [6.45, 7) is 4.19. The van der Waals surface area contributed by atoms with Crippen molar-refractivity contribution >= 4 is 0 Å². The molecule has 1 rings (SSSR count). The number of hydrazine groups is 1. The molecular weight excluding hydrogens is 222 g/mol. The first-order chi connectivity index (χ1) is 8.06. The monoisotopic (exact) mass is 242 g/mol. The third-order valence-corrected chi connectivity index (χ3v) is 3.02. The van der Waals surface area contributed by atoms with E-state index >= 15 is 0 Å². The summed E-state index contributed by atoms with van der Waals surface area (Å²) in [5, 5.41) is 0. The van der Waals surface area contributed by atoms with Crippen LogP contribution in [0, 0.1) is 17.6 Å². The molecule has 17 heavy (non-hydrogen) atoms. The minimum Gasteiger partial charge on any atom is -0.271 e. The Morgan fingerprint density at radius 1 is 1.24 bits per heavy atom. The van der Waals surface area contributed by atoms with Gasteiger partial charge in [-0.25, -0.2) is 8.78 Å². The predicted octanol–water partition coefficient (Wildman–Crippen LogP) is 2.78. The van der Waals surface area contributed by atoms with Gasteiger partial charge in [0.15, 0.2) is 0 Å². The van der Waals surface area contributed by atoms with Crippen molar-refractivity contribution < 1.29 is 8.78 Å². The quantitative estimate of drug-likeness (QED) is 0.594. The fraction of sp³-hybridized carbons (Fsp3) is 0.538. The van der Waals surface area contributed by atoms with Gasteiger partial charge in [-0.3, -0.25) is 11.3 Å². The van der Waals surface area contributed by atoms with Crippen LogP contribution in [0.3, 0.4) is 0 Å². The van der Waals surface area contributed by atoms with Crippen molar-refractivity contribution in [3.63, 3.8) is 0 Å². The molecule has 0 radical (unpaired) electrons. The topological polar surface area (TPSA) is 38.0 Å². The van der Waals surface area contributed by atoms with Crippen LogP contribution < -0.4 is 11.3 Å². The van der Waals surface area contributed by atoms with Crippen molar-refractivity contribution in [2.75, 3.05) is 0 Å². The second kappa shape index (κ2) is 6.67. The molecule has 0 bridgehead atoms. The Balaban J connectivity index is 2.73. The Morgan fingerprint density at radius 2 is 1.82 bits per heavy atom. The molecule has 2 unspecified atom stereocenters. The highest BCUT2D eigenvalue weighted by Crippen LogP contribution is 2.16. The van der Waals surface area contributed by atoms with E-state index in [9.17, 15) is 8.78 Å². The van der Waals surface area contributed by atoms with Gasteiger partial charge in [-0.05, 0) is 36.5 Å². The number of hydrogen-bond donors (Lipinski definition) is 2. The summed E-state index contributed by atoms with van der Waals surface area (Å²) >= 11 is 0. The number of rotatable bonds is 6. The van der Waals surface area contributed by atoms with Gasteiger partial charge in [0.05, 0.1) is 0 Å². The number of hydrogen-bond acceptors (Lipinski definition) is 2. The normalized spacial score (nSPS) is 14.6. The zero-order valence-electron chi connectivity index (χ0n) is 10.3. The summed E-state index contributed by atoms with van der Waals surface area (Å²) in [5.41, 5.74) is 3.36. The largest absolute Gasteiger partial charge is 0.271 e. The van der Waals surface area contributed by atoms with Gasteiger partial charge in [0.2, 0.25) is 0 Å². The summed E-state index contributed by atoms with van der Waals surface area (Å²) in [6, 6.07) is 3.62. The molecule has 0 aliphatic heterocycles. The first-order valence-electron chi connectivity index (χ1n) is 5.98. The van der Waals surface area contributed by atoms with E-state index in [2.05, 4.69) is 19.3 Å². The van der Waals surface area contributed by atoms with Crippen molar-refractivity contribution in [3.05, 3.63) is 35.4 Å². The maximum Gasteiger partial charge on any atom is 0.126 e. The Labute approximate surface area is 101 Å². The Hall–Kier alpha value is -1.00. The first kappa shape index (κ1) is 14.1. The molecule has 3 N–H and O–H groups in total. The number of nitrogens with one attached hydrogen (secondary N) is 1. The summed E-state index contributed by atoms with van der Waals surface area (Å²) in [6.07, 6.45) is 2.63. The van der Waals surface area contributed by atoms with Gasteiger partial charge in [0.25, 0.3) is 0 Å². The van der Waals surface area contributed by atoms with E-state index in [0.29, 0.717) is 17.9 Å². The number of benzene rings is 1. The fourth-order valence-corrected chi connectivity index (χ4v) is 2.06. The van der Waals surface area contributed by atoms with Crippen molar-refractivity contribution in [2.45, 2.75) is 39.2 Å². The van der Waals surface area contributed by atoms with Gasteiger partial charge in [0.1, 0.15) is 11.6 Å². The van der Waals surface area contributed by atoms with E-state index < -0.39 is 11.6 Å². The third kappa shape index (κ3) is 4.40. The minimum atomic E-state index is -0.543. The van der Waals surface area contributed by atoms with Crippen molar-refractivity contribution in [3.8, 4) is 0 Å². The molecule has 1 aromatic carbocycles. The van der Waals surface area contributed by atoms with Crippen molar-refractivity contribution in [1.29, 1.82) is 0 Å². The standard InChI is InChI=1S/C13H20F2N2/c1-3-4-9(2)13(17-16)7-10-5-11(14)8-12(15)6-10/h5-6,8-9,13,17H,3-4,7,16H2,1-2H3. The molecule has 0 aliphatic rings. The van der Waals surface area contributed by atoms with E-state index in [1.165, 1.54) is 12.1 Å². The third-order valence-electron chi connectivity index (χ3n) is 3.02. The molecule has 96 valence electrons. The number of halogens is 2. The van der Waals surface area contributed by atoms with E-state index in [4.69, 9.17) is 5.84 Å². The lowest BCUT2D eigenvalue weighted by molar-refractivity contribution is 0.356. The van der Waals surface area contributed by atoms with Crippen molar-refractivity contribution in [1.82, 2.24) is 5.43 Å². The van der Waals surface area contributed by atoms with Gasteiger partial charge >= 0.3 is 0 Å². The van der Waals surface area contributed by atoms with Crippen LogP contribution in [-0.2, 0) is 6.42 Å². The molecule has 0 aromatic heterocycles. The van der Waals surface area contributed by atoms with Crippen molar-refractivity contribution in [2.24, 2.45) is 11.8 Å². The summed E-state index contributed by atoms with van der Waals surface area (Å²) in [7, 11) is 0. The van der Waals surface area contributed by atoms with Crippen LogP contribution in [0.25, 0.3) is 0 Å². The lowest BCUT2D eigenvalue weighted by Gasteiger charge is -2.23. The highest BCUT2D eigenvalue weighted by molar-refractivity contribution is 5.19. The predicted molar refractivity (Wildman–Crippen MR) is 65.2 cm³/mol. The average molecular weight is 242 g/mol. The zero-order chi connectivity index (χ0) is 12.8. The molecule has 2 nitrogen and oxygen atoms in total. The van der Waals surface area contributed by atoms with Gasteiger partial charge < -0.3 is 0 Å². The van der Waals surface area contributed by atoms with Crippen LogP contribution in [0.5, 0.6) is 0 Å². The summed E-state index contributed by atoms with van der Waals surface area (Å²) < 4.78 is 26.1. The summed E-state index contributed by atoms with van der Waals surface area (Å²) in [5.74, 6) is 4.78. The first-order valence-corrected chi connectivity index (χ1v) is 5.98. The van der Waals surface area contributed by atoms with Crippen LogP contribution in [0.15, 0.2) is 18.2 Å². The summed E-state index contributed by atoms with van der Waals surface area (Å²) in [4.78, 5) is 0. The highest BCUT2D eigenvalue weighted by Gasteiger charge is 2.16. The lowest BCUT2D eigenvalue weighted by atomic mass is 9.92. The second-order valence-corrected chi connectivity index (χ2v) is 4.52. The Morgan fingerprint density at radius 3 is 2.29 bits per heavy atom. The lowest BCUT2D eigenvalue weighted by Crippen LogP contribution is -2.41. The van der Waals surface area contributed by atoms with E-state index in [1.54, 1.807) is 0 Å². The van der Waals surface area contributed by atoms with Crippen LogP contribution >= 0.6 is 0 Å². The molecule has 0 heterocycles. The number of nitrogens with two attached hydrogens (primary N) is 1. The fourth-order valence-electron chi connectivity index (χ4n) is 2.06. The molecule has 0 spiro atoms. The molecule has 2 atom stereocenters. The van der Waals surface area contributed by atoms with Crippen LogP contribution in [-0.4, -0.2) is 6.04 Å². The SMILES string of the molecule is CCCC(C)C(Cc1cc(F)cc(F)c1)NN. The molecule has 0 saturated heterocycles. The Kier molecular flexibility index (Phi) is 5.51. The zero-order valence-corrected chi connectivity index (χ0v) is 10.3. The molecule has 0 amide bonds. The van der Waals surface area contributed by atoms with Crippen LogP contribution in [0.4, 0.5) is 8.78 Å². The average Bonchev–Trinajstić information content (AvgIpc) is 2.24.